The van der Waals surface area contributed by atoms with Crippen molar-refractivity contribution in [2.75, 3.05) is 51.1 Å². The van der Waals surface area contributed by atoms with Crippen LogP contribution in [0.4, 0.5) is 11.4 Å². The van der Waals surface area contributed by atoms with Crippen molar-refractivity contribution in [3.63, 3.8) is 0 Å². The number of methoxy groups -OCH3 is 1. The van der Waals surface area contributed by atoms with Gasteiger partial charge in [-0.1, -0.05) is 0 Å². The van der Waals surface area contributed by atoms with E-state index in [4.69, 9.17) is 14.2 Å². The molecule has 1 aliphatic rings. The lowest BCUT2D eigenvalue weighted by Crippen LogP contribution is -2.45. The molecular formula is C25H33N3O5. The van der Waals surface area contributed by atoms with Crippen molar-refractivity contribution in [2.45, 2.75) is 32.3 Å². The molecule has 1 heterocycles. The minimum Gasteiger partial charge on any atom is -0.497 e. The first kappa shape index (κ1) is 24.4. The van der Waals surface area contributed by atoms with E-state index in [1.807, 2.05) is 38.4 Å². The molecule has 1 unspecified atom stereocenters. The molecule has 3 rings (SSSR count). The third kappa shape index (κ3) is 6.86. The van der Waals surface area contributed by atoms with E-state index >= 15 is 0 Å². The summed E-state index contributed by atoms with van der Waals surface area (Å²) in [5, 5.41) is 2.91. The highest BCUT2D eigenvalue weighted by atomic mass is 16.5. The second-order valence-corrected chi connectivity index (χ2v) is 8.27. The highest BCUT2D eigenvalue weighted by Crippen LogP contribution is 2.36. The molecular weight excluding hydrogens is 422 g/mol. The van der Waals surface area contributed by atoms with Crippen LogP contribution < -0.4 is 24.4 Å². The van der Waals surface area contributed by atoms with Crippen LogP contribution in [-0.2, 0) is 9.59 Å². The molecule has 0 aromatic heterocycles. The maximum atomic E-state index is 12.7. The molecule has 1 aliphatic heterocycles. The van der Waals surface area contributed by atoms with Gasteiger partial charge in [0.15, 0.2) is 6.10 Å². The number of fused-ring (bicyclic) bond motifs is 1. The number of ether oxygens (including phenoxy) is 3. The van der Waals surface area contributed by atoms with E-state index in [0.29, 0.717) is 43.1 Å². The van der Waals surface area contributed by atoms with E-state index in [1.54, 1.807) is 37.1 Å². The summed E-state index contributed by atoms with van der Waals surface area (Å²) in [6, 6.07) is 12.7. The monoisotopic (exact) mass is 455 g/mol. The number of carbonyl (C=O) groups excluding carboxylic acids is 2. The predicted octanol–water partition coefficient (Wildman–Crippen LogP) is 3.56. The first-order valence-electron chi connectivity index (χ1n) is 11.2. The standard InChI is InChI=1S/C25H33N3O5/c1-18-25(30)28(15-6-14-27(2)3)22-17-19(8-13-23(22)33-18)26-24(29)7-5-16-32-21-11-9-20(31-4)10-12-21/h8-13,17-18H,5-7,14-16H2,1-4H3,(H,26,29). The smallest absolute Gasteiger partial charge is 0.267 e. The molecule has 0 saturated heterocycles. The summed E-state index contributed by atoms with van der Waals surface area (Å²) in [5.41, 5.74) is 1.33. The Morgan fingerprint density at radius 3 is 2.55 bits per heavy atom. The molecule has 0 saturated carbocycles. The molecule has 178 valence electrons. The van der Waals surface area contributed by atoms with Crippen LogP contribution in [-0.4, -0.2) is 63.7 Å². The van der Waals surface area contributed by atoms with Crippen LogP contribution in [0.5, 0.6) is 17.2 Å². The van der Waals surface area contributed by atoms with Crippen LogP contribution in [0.2, 0.25) is 0 Å². The minimum absolute atomic E-state index is 0.0691. The van der Waals surface area contributed by atoms with Crippen molar-refractivity contribution in [2.24, 2.45) is 0 Å². The fourth-order valence-electron chi connectivity index (χ4n) is 3.58. The van der Waals surface area contributed by atoms with Gasteiger partial charge in [-0.05, 0) is 82.9 Å². The van der Waals surface area contributed by atoms with Gasteiger partial charge >= 0.3 is 0 Å². The molecule has 0 aliphatic carbocycles. The van der Waals surface area contributed by atoms with Gasteiger partial charge in [-0.15, -0.1) is 0 Å². The third-order valence-electron chi connectivity index (χ3n) is 5.31. The summed E-state index contributed by atoms with van der Waals surface area (Å²) in [4.78, 5) is 29.0. The Balaban J connectivity index is 1.53. The van der Waals surface area contributed by atoms with Crippen LogP contribution in [0.15, 0.2) is 42.5 Å². The number of nitrogens with one attached hydrogen (secondary N) is 1. The maximum absolute atomic E-state index is 12.7. The molecule has 0 radical (unpaired) electrons. The van der Waals surface area contributed by atoms with Gasteiger partial charge in [-0.2, -0.15) is 0 Å². The molecule has 2 aromatic carbocycles. The van der Waals surface area contributed by atoms with E-state index in [-0.39, 0.29) is 11.8 Å². The van der Waals surface area contributed by atoms with Gasteiger partial charge in [-0.25, -0.2) is 0 Å². The Kier molecular flexibility index (Phi) is 8.54. The minimum atomic E-state index is -0.525. The number of nitrogens with zero attached hydrogens (tertiary/aromatic N) is 2. The lowest BCUT2D eigenvalue weighted by Gasteiger charge is -2.33. The molecule has 0 bridgehead atoms. The molecule has 1 atom stereocenters. The number of hydrogen-bond donors (Lipinski definition) is 1. The van der Waals surface area contributed by atoms with Crippen molar-refractivity contribution in [3.8, 4) is 17.2 Å². The zero-order valence-corrected chi connectivity index (χ0v) is 19.8. The molecule has 0 fully saturated rings. The molecule has 1 N–H and O–H groups in total. The van der Waals surface area contributed by atoms with E-state index in [9.17, 15) is 9.59 Å². The number of benzene rings is 2. The summed E-state index contributed by atoms with van der Waals surface area (Å²) in [6.07, 6.45) is 1.23. The van der Waals surface area contributed by atoms with Gasteiger partial charge in [0.2, 0.25) is 5.91 Å². The second kappa shape index (κ2) is 11.6. The van der Waals surface area contributed by atoms with E-state index in [0.717, 1.165) is 24.5 Å². The van der Waals surface area contributed by atoms with E-state index in [1.165, 1.54) is 0 Å². The van der Waals surface area contributed by atoms with Crippen LogP contribution in [0.3, 0.4) is 0 Å². The second-order valence-electron chi connectivity index (χ2n) is 8.27. The van der Waals surface area contributed by atoms with Gasteiger partial charge in [-0.3, -0.25) is 9.59 Å². The highest BCUT2D eigenvalue weighted by molar-refractivity contribution is 6.01. The Labute approximate surface area is 195 Å². The van der Waals surface area contributed by atoms with E-state index in [2.05, 4.69) is 10.2 Å². The van der Waals surface area contributed by atoms with Crippen LogP contribution in [0.1, 0.15) is 26.2 Å². The number of hydrogen-bond acceptors (Lipinski definition) is 6. The van der Waals surface area contributed by atoms with Crippen molar-refractivity contribution >= 4 is 23.2 Å². The molecule has 8 heteroatoms. The number of carbonyl (C=O) groups is 2. The van der Waals surface area contributed by atoms with Gasteiger partial charge in [0, 0.05) is 18.7 Å². The van der Waals surface area contributed by atoms with Crippen LogP contribution in [0, 0.1) is 0 Å². The summed E-state index contributed by atoms with van der Waals surface area (Å²) in [6.45, 7) is 3.67. The quantitative estimate of drug-likeness (QED) is 0.522. The van der Waals surface area contributed by atoms with E-state index < -0.39 is 6.10 Å². The van der Waals surface area contributed by atoms with Crippen molar-refractivity contribution in [3.05, 3.63) is 42.5 Å². The SMILES string of the molecule is COc1ccc(OCCCC(=O)Nc2ccc3c(c2)N(CCCN(C)C)C(=O)C(C)O3)cc1. The molecule has 33 heavy (non-hydrogen) atoms. The lowest BCUT2D eigenvalue weighted by atomic mass is 10.1. The zero-order chi connectivity index (χ0) is 23.8. The number of amides is 2. The molecule has 8 nitrogen and oxygen atoms in total. The number of rotatable bonds is 11. The van der Waals surface area contributed by atoms with Crippen LogP contribution in [0.25, 0.3) is 0 Å². The average Bonchev–Trinajstić information content (AvgIpc) is 2.80. The van der Waals surface area contributed by atoms with Gasteiger partial charge < -0.3 is 29.3 Å². The summed E-state index contributed by atoms with van der Waals surface area (Å²) in [5.74, 6) is 1.98. The van der Waals surface area contributed by atoms with Gasteiger partial charge in [0.05, 0.1) is 19.4 Å². The Morgan fingerprint density at radius 2 is 1.85 bits per heavy atom. The zero-order valence-electron chi connectivity index (χ0n) is 19.8. The Hall–Kier alpha value is -3.26. The highest BCUT2D eigenvalue weighted by Gasteiger charge is 2.31. The largest absolute Gasteiger partial charge is 0.497 e. The maximum Gasteiger partial charge on any atom is 0.267 e. The van der Waals surface area contributed by atoms with Crippen molar-refractivity contribution < 1.29 is 23.8 Å². The summed E-state index contributed by atoms with van der Waals surface area (Å²) >= 11 is 0. The lowest BCUT2D eigenvalue weighted by molar-refractivity contribution is -0.125. The Morgan fingerprint density at radius 1 is 1.12 bits per heavy atom. The van der Waals surface area contributed by atoms with Gasteiger partial charge in [0.1, 0.15) is 17.2 Å². The fourth-order valence-corrected chi connectivity index (χ4v) is 3.58. The molecule has 2 amide bonds. The number of anilines is 2. The van der Waals surface area contributed by atoms with Crippen LogP contribution >= 0.6 is 0 Å². The van der Waals surface area contributed by atoms with Crippen molar-refractivity contribution in [1.82, 2.24) is 4.90 Å². The van der Waals surface area contributed by atoms with Crippen molar-refractivity contribution in [1.29, 1.82) is 0 Å². The first-order chi connectivity index (χ1) is 15.9. The fraction of sp³-hybridized carbons (Fsp3) is 0.440. The normalized spacial score (nSPS) is 15.1. The predicted molar refractivity (Wildman–Crippen MR) is 128 cm³/mol. The topological polar surface area (TPSA) is 80.3 Å². The Bertz CT molecular complexity index is 946. The summed E-state index contributed by atoms with van der Waals surface area (Å²) in [7, 11) is 5.63. The molecule has 0 spiro atoms. The summed E-state index contributed by atoms with van der Waals surface area (Å²) < 4.78 is 16.6. The first-order valence-corrected chi connectivity index (χ1v) is 11.2. The third-order valence-corrected chi connectivity index (χ3v) is 5.31. The average molecular weight is 456 g/mol. The van der Waals surface area contributed by atoms with Gasteiger partial charge in [0.25, 0.3) is 5.91 Å². The molecule has 2 aromatic rings.